The van der Waals surface area contributed by atoms with Crippen LogP contribution < -0.4 is 10.1 Å². The van der Waals surface area contributed by atoms with Crippen LogP contribution in [0, 0.1) is 5.92 Å². The average Bonchev–Trinajstić information content (AvgIpc) is 2.79. The third-order valence-electron chi connectivity index (χ3n) is 5.93. The molecule has 2 atom stereocenters. The number of rotatable bonds is 8. The number of likely N-dealkylation sites (N-methyl/N-ethyl adjacent to an activating group) is 1. The van der Waals surface area contributed by atoms with Crippen molar-refractivity contribution in [3.05, 3.63) is 59.7 Å². The van der Waals surface area contributed by atoms with Crippen LogP contribution >= 0.6 is 0 Å². The normalized spacial score (nSPS) is 18.3. The number of hydrogen-bond acceptors (Lipinski definition) is 5. The van der Waals surface area contributed by atoms with Gasteiger partial charge in [-0.25, -0.2) is 8.42 Å². The van der Waals surface area contributed by atoms with Gasteiger partial charge in [0.1, 0.15) is 5.75 Å². The zero-order chi connectivity index (χ0) is 23.3. The topological polar surface area (TPSA) is 78.9 Å². The Balaban J connectivity index is 1.72. The molecule has 1 aliphatic heterocycles. The Bertz CT molecular complexity index is 1020. The Labute approximate surface area is 191 Å². The van der Waals surface area contributed by atoms with Gasteiger partial charge < -0.3 is 15.0 Å². The summed E-state index contributed by atoms with van der Waals surface area (Å²) in [6, 6.07) is 14.0. The van der Waals surface area contributed by atoms with E-state index in [1.165, 1.54) is 10.4 Å². The summed E-state index contributed by atoms with van der Waals surface area (Å²) >= 11 is 0. The quantitative estimate of drug-likeness (QED) is 0.656. The monoisotopic (exact) mass is 459 g/mol. The zero-order valence-electron chi connectivity index (χ0n) is 19.2. The Kier molecular flexibility index (Phi) is 7.92. The van der Waals surface area contributed by atoms with Crippen molar-refractivity contribution in [2.75, 3.05) is 40.8 Å². The van der Waals surface area contributed by atoms with Gasteiger partial charge in [0.2, 0.25) is 10.0 Å². The second kappa shape index (κ2) is 10.5. The first kappa shape index (κ1) is 24.2. The first-order chi connectivity index (χ1) is 15.2. The number of hydrogen-bond donors (Lipinski definition) is 1. The number of carbonyl (C=O) groups is 1. The van der Waals surface area contributed by atoms with Gasteiger partial charge in [-0.05, 0) is 68.8 Å². The Hall–Kier alpha value is -2.42. The molecule has 1 fully saturated rings. The molecule has 2 aromatic rings. The molecule has 174 valence electrons. The highest BCUT2D eigenvalue weighted by Gasteiger charge is 2.29. The number of nitrogens with zero attached hydrogens (tertiary/aromatic N) is 2. The van der Waals surface area contributed by atoms with Crippen LogP contribution in [0.1, 0.15) is 41.7 Å². The van der Waals surface area contributed by atoms with E-state index in [-0.39, 0.29) is 16.8 Å². The van der Waals surface area contributed by atoms with Crippen LogP contribution in [-0.2, 0) is 10.0 Å². The van der Waals surface area contributed by atoms with Gasteiger partial charge in [0.25, 0.3) is 5.91 Å². The SMILES string of the molecule is COc1ccc([C@H](CNC(=O)c2cccc(S(=O)(=O)N3CCC[C@@H](C)C3)c2)N(C)C)cc1. The minimum Gasteiger partial charge on any atom is -0.497 e. The highest BCUT2D eigenvalue weighted by Crippen LogP contribution is 2.24. The van der Waals surface area contributed by atoms with Crippen molar-refractivity contribution in [3.63, 3.8) is 0 Å². The number of benzene rings is 2. The summed E-state index contributed by atoms with van der Waals surface area (Å²) in [5.41, 5.74) is 1.38. The van der Waals surface area contributed by atoms with Gasteiger partial charge in [-0.15, -0.1) is 0 Å². The molecular weight excluding hydrogens is 426 g/mol. The Morgan fingerprint density at radius 1 is 1.22 bits per heavy atom. The van der Waals surface area contributed by atoms with Crippen LogP contribution in [0.3, 0.4) is 0 Å². The maximum absolute atomic E-state index is 13.1. The molecule has 1 aliphatic rings. The van der Waals surface area contributed by atoms with Gasteiger partial charge in [0.05, 0.1) is 18.0 Å². The van der Waals surface area contributed by atoms with Crippen molar-refractivity contribution >= 4 is 15.9 Å². The van der Waals surface area contributed by atoms with Gasteiger partial charge in [-0.1, -0.05) is 25.1 Å². The lowest BCUT2D eigenvalue weighted by Gasteiger charge is -2.30. The number of ether oxygens (including phenoxy) is 1. The summed E-state index contributed by atoms with van der Waals surface area (Å²) in [6.45, 7) is 3.49. The maximum atomic E-state index is 13.1. The fourth-order valence-corrected chi connectivity index (χ4v) is 5.67. The molecule has 7 nitrogen and oxygen atoms in total. The molecule has 1 N–H and O–H groups in total. The van der Waals surface area contributed by atoms with Gasteiger partial charge >= 0.3 is 0 Å². The molecule has 0 aliphatic carbocycles. The van der Waals surface area contributed by atoms with Crippen molar-refractivity contribution in [1.29, 1.82) is 0 Å². The summed E-state index contributed by atoms with van der Waals surface area (Å²) in [5, 5.41) is 2.95. The molecule has 1 saturated heterocycles. The van der Waals surface area contributed by atoms with E-state index in [9.17, 15) is 13.2 Å². The maximum Gasteiger partial charge on any atom is 0.251 e. The number of amides is 1. The number of methoxy groups -OCH3 is 1. The van der Waals surface area contributed by atoms with Gasteiger partial charge in [0, 0.05) is 25.2 Å². The molecule has 0 radical (unpaired) electrons. The summed E-state index contributed by atoms with van der Waals surface area (Å²) in [5.74, 6) is 0.816. The minimum absolute atomic E-state index is 0.0355. The predicted molar refractivity (Wildman–Crippen MR) is 125 cm³/mol. The van der Waals surface area contributed by atoms with E-state index >= 15 is 0 Å². The fraction of sp³-hybridized carbons (Fsp3) is 0.458. The largest absolute Gasteiger partial charge is 0.497 e. The van der Waals surface area contributed by atoms with Crippen LogP contribution in [0.25, 0.3) is 0 Å². The van der Waals surface area contributed by atoms with E-state index in [1.54, 1.807) is 25.3 Å². The number of nitrogens with one attached hydrogen (secondary N) is 1. The standard InChI is InChI=1S/C24H33N3O4S/c1-18-7-6-14-27(17-18)32(29,30)22-9-5-8-20(15-22)24(28)25-16-23(26(2)3)19-10-12-21(31-4)13-11-19/h5,8-13,15,18,23H,6-7,14,16-17H2,1-4H3,(H,25,28)/t18-,23+/m1/s1. The highest BCUT2D eigenvalue weighted by atomic mass is 32.2. The van der Waals surface area contributed by atoms with Gasteiger partial charge in [-0.3, -0.25) is 4.79 Å². The summed E-state index contributed by atoms with van der Waals surface area (Å²) in [6.07, 6.45) is 1.90. The number of sulfonamides is 1. The van der Waals surface area contributed by atoms with Crippen molar-refractivity contribution in [2.45, 2.75) is 30.7 Å². The smallest absolute Gasteiger partial charge is 0.251 e. The molecule has 0 aromatic heterocycles. The summed E-state index contributed by atoms with van der Waals surface area (Å²) < 4.78 is 32.9. The first-order valence-corrected chi connectivity index (χ1v) is 12.3. The van der Waals surface area contributed by atoms with E-state index in [0.29, 0.717) is 31.1 Å². The van der Waals surface area contributed by atoms with Gasteiger partial charge in [0.15, 0.2) is 0 Å². The molecule has 0 spiro atoms. The molecule has 0 unspecified atom stereocenters. The van der Waals surface area contributed by atoms with E-state index in [1.807, 2.05) is 43.3 Å². The van der Waals surface area contributed by atoms with Crippen LogP contribution in [0.5, 0.6) is 5.75 Å². The van der Waals surface area contributed by atoms with E-state index < -0.39 is 10.0 Å². The molecule has 8 heteroatoms. The highest BCUT2D eigenvalue weighted by molar-refractivity contribution is 7.89. The molecule has 1 amide bonds. The summed E-state index contributed by atoms with van der Waals surface area (Å²) in [7, 11) is 1.92. The number of carbonyl (C=O) groups excluding carboxylic acids is 1. The van der Waals surface area contributed by atoms with Gasteiger partial charge in [-0.2, -0.15) is 4.31 Å². The van der Waals surface area contributed by atoms with Crippen LogP contribution in [0.4, 0.5) is 0 Å². The minimum atomic E-state index is -3.61. The van der Waals surface area contributed by atoms with Crippen molar-refractivity contribution in [1.82, 2.24) is 14.5 Å². The molecule has 2 aromatic carbocycles. The molecular formula is C24H33N3O4S. The lowest BCUT2D eigenvalue weighted by atomic mass is 10.0. The van der Waals surface area contributed by atoms with Crippen LogP contribution in [0.15, 0.2) is 53.4 Å². The molecule has 0 bridgehead atoms. The second-order valence-corrected chi connectivity index (χ2v) is 10.5. The van der Waals surface area contributed by atoms with Crippen molar-refractivity contribution < 1.29 is 17.9 Å². The van der Waals surface area contributed by atoms with Crippen LogP contribution in [-0.4, -0.2) is 64.4 Å². The van der Waals surface area contributed by atoms with Crippen LogP contribution in [0.2, 0.25) is 0 Å². The lowest BCUT2D eigenvalue weighted by Crippen LogP contribution is -2.39. The molecule has 32 heavy (non-hydrogen) atoms. The fourth-order valence-electron chi connectivity index (χ4n) is 4.03. The Morgan fingerprint density at radius 3 is 2.56 bits per heavy atom. The molecule has 0 saturated carbocycles. The molecule has 3 rings (SSSR count). The Morgan fingerprint density at radius 2 is 1.94 bits per heavy atom. The van der Waals surface area contributed by atoms with Crippen molar-refractivity contribution in [2.24, 2.45) is 5.92 Å². The second-order valence-electron chi connectivity index (χ2n) is 8.60. The van der Waals surface area contributed by atoms with Crippen molar-refractivity contribution in [3.8, 4) is 5.75 Å². The first-order valence-electron chi connectivity index (χ1n) is 10.9. The molecule has 1 heterocycles. The average molecular weight is 460 g/mol. The predicted octanol–water partition coefficient (Wildman–Crippen LogP) is 3.15. The van der Waals surface area contributed by atoms with E-state index in [0.717, 1.165) is 24.2 Å². The number of piperidine rings is 1. The third kappa shape index (κ3) is 5.68. The van der Waals surface area contributed by atoms with E-state index in [4.69, 9.17) is 4.74 Å². The van der Waals surface area contributed by atoms with E-state index in [2.05, 4.69) is 12.2 Å². The third-order valence-corrected chi connectivity index (χ3v) is 7.79. The zero-order valence-corrected chi connectivity index (χ0v) is 20.1. The lowest BCUT2D eigenvalue weighted by molar-refractivity contribution is 0.0941. The summed E-state index contributed by atoms with van der Waals surface area (Å²) in [4.78, 5) is 15.0.